The van der Waals surface area contributed by atoms with Crippen LogP contribution in [0.2, 0.25) is 0 Å². The van der Waals surface area contributed by atoms with Gasteiger partial charge in [-0.1, -0.05) is 11.6 Å². The van der Waals surface area contributed by atoms with Gasteiger partial charge in [0.1, 0.15) is 0 Å². The van der Waals surface area contributed by atoms with Gasteiger partial charge >= 0.3 is 0 Å². The van der Waals surface area contributed by atoms with E-state index in [4.69, 9.17) is 0 Å². The van der Waals surface area contributed by atoms with Gasteiger partial charge in [-0.05, 0) is 45.4 Å². The second kappa shape index (κ2) is 8.32. The maximum absolute atomic E-state index is 12.4. The van der Waals surface area contributed by atoms with Gasteiger partial charge in [-0.15, -0.1) is 0 Å². The molecule has 1 fully saturated rings. The number of aryl methyl sites for hydroxylation is 1. The third-order valence-corrected chi connectivity index (χ3v) is 5.17. The molecule has 0 aromatic carbocycles. The van der Waals surface area contributed by atoms with E-state index in [0.29, 0.717) is 18.8 Å². The van der Waals surface area contributed by atoms with E-state index in [9.17, 15) is 9.59 Å². The van der Waals surface area contributed by atoms with Crippen molar-refractivity contribution in [1.82, 2.24) is 14.9 Å². The Labute approximate surface area is 148 Å². The Morgan fingerprint density at radius 1 is 1.32 bits per heavy atom. The number of rotatable bonds is 5. The zero-order valence-corrected chi connectivity index (χ0v) is 15.0. The zero-order valence-electron chi connectivity index (χ0n) is 15.0. The van der Waals surface area contributed by atoms with E-state index >= 15 is 0 Å². The Bertz CT molecular complexity index is 687. The topological polar surface area (TPSA) is 67.2 Å². The molecule has 3 rings (SSSR count). The number of carbonyl (C=O) groups is 1. The highest BCUT2D eigenvalue weighted by Crippen LogP contribution is 2.20. The molecule has 1 aliphatic carbocycles. The first-order valence-electron chi connectivity index (χ1n) is 9.45. The number of amides is 1. The van der Waals surface area contributed by atoms with Crippen molar-refractivity contribution in [2.24, 2.45) is 0 Å². The predicted molar refractivity (Wildman–Crippen MR) is 98.7 cm³/mol. The number of piperidine rings is 1. The number of nitrogens with zero attached hydrogens (tertiary/aromatic N) is 3. The molecule has 1 aromatic rings. The number of nitrogens with one attached hydrogen (secondary N) is 1. The molecule has 2 aliphatic rings. The molecule has 0 unspecified atom stereocenters. The lowest BCUT2D eigenvalue weighted by Gasteiger charge is -2.33. The number of allylic oxidation sites excluding steroid dienone is 1. The molecular formula is C19H28N4O2. The van der Waals surface area contributed by atoms with Gasteiger partial charge in [-0.3, -0.25) is 9.59 Å². The number of carbonyl (C=O) groups excluding carboxylic acids is 1. The van der Waals surface area contributed by atoms with Crippen LogP contribution < -0.4 is 15.8 Å². The van der Waals surface area contributed by atoms with Crippen LogP contribution in [0.4, 0.5) is 5.82 Å². The maximum atomic E-state index is 12.4. The molecule has 1 aliphatic heterocycles. The van der Waals surface area contributed by atoms with Crippen LogP contribution in [-0.4, -0.2) is 34.6 Å². The van der Waals surface area contributed by atoms with Crippen LogP contribution in [0.1, 0.15) is 51.9 Å². The molecule has 136 valence electrons. The van der Waals surface area contributed by atoms with Crippen molar-refractivity contribution in [2.45, 2.75) is 64.5 Å². The third-order valence-electron chi connectivity index (χ3n) is 5.17. The van der Waals surface area contributed by atoms with Gasteiger partial charge in [0.05, 0.1) is 0 Å². The number of hydrogen-bond donors (Lipinski definition) is 1. The van der Waals surface area contributed by atoms with Crippen LogP contribution in [0.15, 0.2) is 28.8 Å². The second-order valence-electron chi connectivity index (χ2n) is 6.96. The van der Waals surface area contributed by atoms with Crippen LogP contribution in [0.25, 0.3) is 0 Å². The molecule has 0 radical (unpaired) electrons. The smallest absolute Gasteiger partial charge is 0.293 e. The van der Waals surface area contributed by atoms with E-state index in [2.05, 4.69) is 16.4 Å². The van der Waals surface area contributed by atoms with Gasteiger partial charge in [0.15, 0.2) is 5.82 Å². The van der Waals surface area contributed by atoms with Gasteiger partial charge in [0.2, 0.25) is 5.91 Å². The Kier molecular flexibility index (Phi) is 5.89. The highest BCUT2D eigenvalue weighted by molar-refractivity contribution is 5.78. The van der Waals surface area contributed by atoms with E-state index in [1.165, 1.54) is 18.4 Å². The maximum Gasteiger partial charge on any atom is 0.293 e. The Balaban J connectivity index is 1.51. The highest BCUT2D eigenvalue weighted by Gasteiger charge is 2.23. The molecule has 0 spiro atoms. The minimum absolute atomic E-state index is 0.0308. The van der Waals surface area contributed by atoms with Gasteiger partial charge in [0, 0.05) is 44.5 Å². The summed E-state index contributed by atoms with van der Waals surface area (Å²) in [7, 11) is 0. The fraction of sp³-hybridized carbons (Fsp3) is 0.632. The molecule has 6 nitrogen and oxygen atoms in total. The van der Waals surface area contributed by atoms with E-state index < -0.39 is 0 Å². The molecule has 1 saturated heterocycles. The van der Waals surface area contributed by atoms with Crippen molar-refractivity contribution in [3.05, 3.63) is 34.4 Å². The van der Waals surface area contributed by atoms with Crippen molar-refractivity contribution < 1.29 is 4.79 Å². The first kappa shape index (κ1) is 17.7. The molecule has 1 aromatic heterocycles. The number of aromatic nitrogens is 2. The average Bonchev–Trinajstić information content (AvgIpc) is 2.63. The minimum Gasteiger partial charge on any atom is -0.353 e. The fourth-order valence-corrected chi connectivity index (χ4v) is 3.69. The fourth-order valence-electron chi connectivity index (χ4n) is 3.69. The van der Waals surface area contributed by atoms with Gasteiger partial charge < -0.3 is 14.8 Å². The molecule has 0 atom stereocenters. The Hall–Kier alpha value is -2.11. The Morgan fingerprint density at radius 2 is 2.12 bits per heavy atom. The standard InChI is InChI=1S/C19H28N4O2/c1-2-22-13-10-20-18(19(22)25)23-11-8-16(9-12-23)21-17(24)14-15-6-4-3-5-7-15/h6,10,13,16H,2-5,7-9,11-12,14H2,1H3,(H,21,24). The summed E-state index contributed by atoms with van der Waals surface area (Å²) in [6.07, 6.45) is 12.5. The predicted octanol–water partition coefficient (Wildman–Crippen LogP) is 2.24. The summed E-state index contributed by atoms with van der Waals surface area (Å²) in [4.78, 5) is 30.9. The molecule has 1 amide bonds. The molecule has 1 N–H and O–H groups in total. The average molecular weight is 344 g/mol. The lowest BCUT2D eigenvalue weighted by atomic mass is 9.96. The summed E-state index contributed by atoms with van der Waals surface area (Å²) in [5.74, 6) is 0.666. The van der Waals surface area contributed by atoms with Crippen molar-refractivity contribution in [1.29, 1.82) is 0 Å². The molecule has 0 saturated carbocycles. The van der Waals surface area contributed by atoms with Crippen molar-refractivity contribution in [3.8, 4) is 0 Å². The quantitative estimate of drug-likeness (QED) is 0.832. The summed E-state index contributed by atoms with van der Waals surface area (Å²) < 4.78 is 1.67. The summed E-state index contributed by atoms with van der Waals surface area (Å²) in [6.45, 7) is 4.11. The minimum atomic E-state index is -0.0308. The number of anilines is 1. The first-order valence-corrected chi connectivity index (χ1v) is 9.45. The van der Waals surface area contributed by atoms with E-state index in [1.807, 2.05) is 11.8 Å². The van der Waals surface area contributed by atoms with Gasteiger partial charge in [-0.25, -0.2) is 4.98 Å². The zero-order chi connectivity index (χ0) is 17.6. The molecule has 25 heavy (non-hydrogen) atoms. The molecule has 2 heterocycles. The summed E-state index contributed by atoms with van der Waals surface area (Å²) in [5.41, 5.74) is 1.26. The SMILES string of the molecule is CCn1ccnc(N2CCC(NC(=O)CC3=CCCCC3)CC2)c1=O. The molecule has 6 heteroatoms. The lowest BCUT2D eigenvalue weighted by molar-refractivity contribution is -0.121. The van der Waals surface area contributed by atoms with Crippen LogP contribution in [-0.2, 0) is 11.3 Å². The molecular weight excluding hydrogens is 316 g/mol. The van der Waals surface area contributed by atoms with Crippen LogP contribution in [0.3, 0.4) is 0 Å². The largest absolute Gasteiger partial charge is 0.353 e. The number of hydrogen-bond acceptors (Lipinski definition) is 4. The van der Waals surface area contributed by atoms with Crippen LogP contribution in [0.5, 0.6) is 0 Å². The molecule has 0 bridgehead atoms. The normalized spacial score (nSPS) is 18.8. The monoisotopic (exact) mass is 344 g/mol. The van der Waals surface area contributed by atoms with E-state index in [1.54, 1.807) is 17.0 Å². The van der Waals surface area contributed by atoms with Crippen molar-refractivity contribution in [3.63, 3.8) is 0 Å². The van der Waals surface area contributed by atoms with Crippen LogP contribution >= 0.6 is 0 Å². The third kappa shape index (κ3) is 4.50. The summed E-state index contributed by atoms with van der Waals surface area (Å²) in [6, 6.07) is 0.199. The lowest BCUT2D eigenvalue weighted by Crippen LogP contribution is -2.46. The Morgan fingerprint density at radius 3 is 2.80 bits per heavy atom. The summed E-state index contributed by atoms with van der Waals surface area (Å²) in [5, 5.41) is 3.17. The van der Waals surface area contributed by atoms with E-state index in [0.717, 1.165) is 38.8 Å². The van der Waals surface area contributed by atoms with Crippen LogP contribution in [0, 0.1) is 0 Å². The van der Waals surface area contributed by atoms with Gasteiger partial charge in [0.25, 0.3) is 5.56 Å². The second-order valence-corrected chi connectivity index (χ2v) is 6.96. The van der Waals surface area contributed by atoms with E-state index in [-0.39, 0.29) is 17.5 Å². The first-order chi connectivity index (χ1) is 12.2. The highest BCUT2D eigenvalue weighted by atomic mass is 16.1. The van der Waals surface area contributed by atoms with Crippen molar-refractivity contribution in [2.75, 3.05) is 18.0 Å². The van der Waals surface area contributed by atoms with Crippen molar-refractivity contribution >= 4 is 11.7 Å². The summed E-state index contributed by atoms with van der Waals surface area (Å²) >= 11 is 0. The van der Waals surface area contributed by atoms with Gasteiger partial charge in [-0.2, -0.15) is 0 Å².